The minimum absolute atomic E-state index is 0. The van der Waals surface area contributed by atoms with Crippen molar-refractivity contribution >= 4 is 16.0 Å². The summed E-state index contributed by atoms with van der Waals surface area (Å²) >= 11 is -1.26. The smallest absolute Gasteiger partial charge is 1.00 e. The quantitative estimate of drug-likeness (QED) is 0.415. The van der Waals surface area contributed by atoms with Crippen LogP contribution in [0.5, 0.6) is 0 Å². The van der Waals surface area contributed by atoms with Crippen LogP contribution in [0, 0.1) is 20.8 Å². The van der Waals surface area contributed by atoms with Crippen LogP contribution in [0.25, 0.3) is 0 Å². The molecule has 0 N–H and O–H groups in total. The van der Waals surface area contributed by atoms with Crippen molar-refractivity contribution in [3.05, 3.63) is 38.5 Å². The topological polar surface area (TPSA) is 0 Å². The molecule has 0 aromatic carbocycles. The third-order valence-electron chi connectivity index (χ3n) is 4.25. The molecule has 22 heavy (non-hydrogen) atoms. The van der Waals surface area contributed by atoms with Crippen LogP contribution in [0.2, 0.25) is 13.6 Å². The molecule has 1 aromatic heterocycles. The summed E-state index contributed by atoms with van der Waals surface area (Å²) in [7, 11) is 0.00843. The van der Waals surface area contributed by atoms with Gasteiger partial charge < -0.3 is 49.6 Å². The molecule has 0 spiro atoms. The van der Waals surface area contributed by atoms with Crippen molar-refractivity contribution in [1.82, 2.24) is 0 Å². The first-order valence-electron chi connectivity index (χ1n) is 6.80. The van der Waals surface area contributed by atoms with Gasteiger partial charge in [0.2, 0.25) is 0 Å². The monoisotopic (exact) mass is 433 g/mol. The van der Waals surface area contributed by atoms with E-state index in [1.807, 2.05) is 3.60 Å². The summed E-state index contributed by atoms with van der Waals surface area (Å²) in [6.45, 7) is 14.4. The molecular formula is C15H23BCl4PTi. The molecule has 0 aliphatic heterocycles. The van der Waals surface area contributed by atoms with Gasteiger partial charge >= 0.3 is 120 Å². The Bertz CT molecular complexity index is 513. The first-order chi connectivity index (χ1) is 8.45. The molecule has 1 aliphatic rings. The van der Waals surface area contributed by atoms with Crippen LogP contribution in [-0.2, 0) is 24.3 Å². The van der Waals surface area contributed by atoms with E-state index in [9.17, 15) is 0 Å². The van der Waals surface area contributed by atoms with Gasteiger partial charge in [-0.15, -0.1) is 0 Å². The van der Waals surface area contributed by atoms with Crippen molar-refractivity contribution in [1.29, 1.82) is 0 Å². The Kier molecular flexibility index (Phi) is 14.9. The van der Waals surface area contributed by atoms with Crippen LogP contribution in [0.3, 0.4) is 0 Å². The second-order valence-electron chi connectivity index (χ2n) is 5.64. The molecule has 1 unspecified atom stereocenters. The van der Waals surface area contributed by atoms with Crippen molar-refractivity contribution in [2.75, 3.05) is 0 Å². The van der Waals surface area contributed by atoms with Crippen molar-refractivity contribution in [3.63, 3.8) is 0 Å². The van der Waals surface area contributed by atoms with Gasteiger partial charge in [-0.3, -0.25) is 0 Å². The molecule has 0 radical (unpaired) electrons. The van der Waals surface area contributed by atoms with Gasteiger partial charge in [-0.1, -0.05) is 0 Å². The molecular weight excluding hydrogens is 412 g/mol. The van der Waals surface area contributed by atoms with Crippen LogP contribution in [0.4, 0.5) is 0 Å². The predicted octanol–water partition coefficient (Wildman–Crippen LogP) is -7.51. The van der Waals surface area contributed by atoms with Crippen LogP contribution in [-0.4, -0.2) is 4.89 Å². The van der Waals surface area contributed by atoms with E-state index in [0.29, 0.717) is 0 Å². The van der Waals surface area contributed by atoms with E-state index in [0.717, 1.165) is 4.89 Å². The Morgan fingerprint density at radius 3 is 1.86 bits per heavy atom. The van der Waals surface area contributed by atoms with Gasteiger partial charge in [0.1, 0.15) is 0 Å². The van der Waals surface area contributed by atoms with Crippen molar-refractivity contribution in [2.24, 2.45) is 6.66 Å². The number of allylic oxidation sites excluding steroid dienone is 4. The number of hydrogen-bond acceptors (Lipinski definition) is 0. The molecule has 1 aromatic rings. The molecule has 0 saturated carbocycles. The van der Waals surface area contributed by atoms with Gasteiger partial charge in [-0.25, -0.2) is 0 Å². The SMILES string of the molecule is C[B](C)[Ti+4]([C]1=CC=CC1)[c]1c(C)c(C)c(C)p1C.[Cl-].[Cl-].[Cl-].[Cl-]. The molecule has 0 amide bonds. The minimum Gasteiger partial charge on any atom is -1.00 e. The summed E-state index contributed by atoms with van der Waals surface area (Å²) in [5.74, 6) is 0. The molecule has 0 fully saturated rings. The van der Waals surface area contributed by atoms with Crippen LogP contribution in [0.15, 0.2) is 22.1 Å². The zero-order chi connectivity index (χ0) is 13.4. The Hall–Kier alpha value is 1.20. The maximum atomic E-state index is 2.48. The van der Waals surface area contributed by atoms with E-state index in [1.54, 1.807) is 20.3 Å². The van der Waals surface area contributed by atoms with Gasteiger partial charge in [0.15, 0.2) is 0 Å². The molecule has 0 nitrogen and oxygen atoms in total. The molecule has 1 aliphatic carbocycles. The van der Waals surface area contributed by atoms with Gasteiger partial charge in [0.25, 0.3) is 0 Å². The second-order valence-corrected chi connectivity index (χ2v) is 13.4. The molecule has 7 heteroatoms. The second kappa shape index (κ2) is 11.7. The molecule has 2 rings (SSSR count). The Morgan fingerprint density at radius 1 is 1.00 bits per heavy atom. The molecule has 123 valence electrons. The van der Waals surface area contributed by atoms with E-state index >= 15 is 0 Å². The van der Waals surface area contributed by atoms with Gasteiger partial charge in [-0.05, 0) is 0 Å². The molecule has 0 saturated heterocycles. The summed E-state index contributed by atoms with van der Waals surface area (Å²) in [6.07, 6.45) is 8.24. The van der Waals surface area contributed by atoms with Gasteiger partial charge in [0.05, 0.1) is 0 Å². The van der Waals surface area contributed by atoms with Crippen molar-refractivity contribution in [3.8, 4) is 0 Å². The van der Waals surface area contributed by atoms with Gasteiger partial charge in [0, 0.05) is 0 Å². The first kappa shape index (κ1) is 28.0. The Labute approximate surface area is 168 Å². The van der Waals surface area contributed by atoms with E-state index in [2.05, 4.69) is 59.3 Å². The largest absolute Gasteiger partial charge is 1.00 e. The zero-order valence-electron chi connectivity index (χ0n) is 14.0. The minimum atomic E-state index is -1.26. The summed E-state index contributed by atoms with van der Waals surface area (Å²) in [5, 5.41) is 1.68. The normalized spacial score (nSPS) is 11.9. The fourth-order valence-corrected chi connectivity index (χ4v) is 13.5. The number of hydrogen-bond donors (Lipinski definition) is 0. The number of halogens is 4. The predicted molar refractivity (Wildman–Crippen MR) is 83.3 cm³/mol. The molecule has 1 heterocycles. The van der Waals surface area contributed by atoms with E-state index in [1.165, 1.54) is 6.42 Å². The van der Waals surface area contributed by atoms with E-state index in [-0.39, 0.29) is 57.2 Å². The summed E-state index contributed by atoms with van der Waals surface area (Å²) < 4.78 is 3.70. The Balaban J connectivity index is -0.000000902. The van der Waals surface area contributed by atoms with Crippen LogP contribution in [0.1, 0.15) is 22.8 Å². The Morgan fingerprint density at radius 2 is 1.55 bits per heavy atom. The average molecular weight is 435 g/mol. The summed E-state index contributed by atoms with van der Waals surface area (Å²) in [6, 6.07) is 0. The van der Waals surface area contributed by atoms with E-state index < -0.39 is 17.7 Å². The maximum Gasteiger partial charge on any atom is -1.00 e. The fraction of sp³-hybridized carbons (Fsp3) is 0.467. The average Bonchev–Trinajstić information content (AvgIpc) is 2.89. The maximum absolute atomic E-state index is 2.48. The van der Waals surface area contributed by atoms with Crippen molar-refractivity contribution < 1.29 is 67.3 Å². The zero-order valence-corrected chi connectivity index (χ0v) is 19.5. The first-order valence-corrected chi connectivity index (χ1v) is 11.1. The van der Waals surface area contributed by atoms with Crippen molar-refractivity contribution in [2.45, 2.75) is 40.8 Å². The number of rotatable bonds is 3. The fourth-order valence-electron chi connectivity index (χ4n) is 2.95. The van der Waals surface area contributed by atoms with Crippen LogP contribution >= 0.6 is 7.53 Å². The molecule has 0 bridgehead atoms. The van der Waals surface area contributed by atoms with Gasteiger partial charge in [-0.2, -0.15) is 0 Å². The molecule has 1 atom stereocenters. The van der Waals surface area contributed by atoms with E-state index in [4.69, 9.17) is 0 Å². The summed E-state index contributed by atoms with van der Waals surface area (Å²) in [4.78, 5) is 0.866. The van der Waals surface area contributed by atoms with Crippen LogP contribution < -0.4 is 53.2 Å². The summed E-state index contributed by atoms with van der Waals surface area (Å²) in [5.41, 5.74) is 3.24. The third-order valence-corrected chi connectivity index (χ3v) is 14.0. The standard InChI is InChI=1S/C8H12P.C5H5.C2H6B.4ClH.Ti/c1-6-5-9(4)8(3)7(6)2;1-2-4-5-3-1;1-3-2;;;;;/h1-4H3;1-3H,4H2;1-2H3;4*1H;/q;;+1;;;;;+3/p-4. The third kappa shape index (κ3) is 5.35.